The van der Waals surface area contributed by atoms with Crippen molar-refractivity contribution in [2.45, 2.75) is 71.4 Å². The minimum Gasteiger partial charge on any atom is -0.368 e. The SMILES string of the molecule is CC(C)CC(N)C(=O)NC(C(=O)N(CCc1ccc(Cl)cc1Cl)CC(=O)N(CCC(c1ccccc1)c1ccccc1)CC(=O)N(CCc1ccc(Cl)cc1Cl)CC(N)=O)C(C)C. The van der Waals surface area contributed by atoms with Gasteiger partial charge in [-0.05, 0) is 84.0 Å². The van der Waals surface area contributed by atoms with Crippen LogP contribution in [-0.2, 0) is 36.8 Å². The Hall–Kier alpha value is -4.65. The van der Waals surface area contributed by atoms with E-state index in [1.54, 1.807) is 50.2 Å². The zero-order valence-corrected chi connectivity index (χ0v) is 39.3. The topological polar surface area (TPSA) is 159 Å². The van der Waals surface area contributed by atoms with E-state index in [0.29, 0.717) is 44.1 Å². The molecule has 338 valence electrons. The zero-order chi connectivity index (χ0) is 46.2. The van der Waals surface area contributed by atoms with Crippen LogP contribution in [0.5, 0.6) is 0 Å². The number of hydrogen-bond acceptors (Lipinski definition) is 6. The maximum Gasteiger partial charge on any atom is 0.245 e. The van der Waals surface area contributed by atoms with Gasteiger partial charge in [-0.25, -0.2) is 0 Å². The summed E-state index contributed by atoms with van der Waals surface area (Å²) in [7, 11) is 0. The van der Waals surface area contributed by atoms with E-state index in [0.717, 1.165) is 11.1 Å². The maximum absolute atomic E-state index is 14.8. The smallest absolute Gasteiger partial charge is 0.245 e. The molecule has 63 heavy (non-hydrogen) atoms. The summed E-state index contributed by atoms with van der Waals surface area (Å²) < 4.78 is 0. The molecule has 4 aromatic carbocycles. The molecule has 0 saturated carbocycles. The molecule has 11 nitrogen and oxygen atoms in total. The van der Waals surface area contributed by atoms with Crippen LogP contribution in [0.15, 0.2) is 97.1 Å². The first-order chi connectivity index (χ1) is 29.9. The molecule has 0 aliphatic rings. The van der Waals surface area contributed by atoms with E-state index in [4.69, 9.17) is 57.9 Å². The normalized spacial score (nSPS) is 12.3. The van der Waals surface area contributed by atoms with Crippen molar-refractivity contribution < 1.29 is 24.0 Å². The monoisotopic (exact) mass is 938 g/mol. The second-order valence-electron chi connectivity index (χ2n) is 16.5. The molecule has 0 fully saturated rings. The number of rotatable bonds is 23. The average Bonchev–Trinajstić information content (AvgIpc) is 3.23. The summed E-state index contributed by atoms with van der Waals surface area (Å²) in [4.78, 5) is 73.5. The van der Waals surface area contributed by atoms with Gasteiger partial charge in [-0.15, -0.1) is 0 Å². The molecule has 0 radical (unpaired) electrons. The van der Waals surface area contributed by atoms with Gasteiger partial charge in [0, 0.05) is 45.6 Å². The number of halogens is 4. The van der Waals surface area contributed by atoms with Gasteiger partial charge < -0.3 is 31.5 Å². The predicted octanol–water partition coefficient (Wildman–Crippen LogP) is 7.79. The molecule has 0 saturated heterocycles. The number of amides is 5. The molecule has 0 aromatic heterocycles. The lowest BCUT2D eigenvalue weighted by atomic mass is 9.88. The van der Waals surface area contributed by atoms with E-state index in [-0.39, 0.29) is 50.2 Å². The second-order valence-corrected chi connectivity index (χ2v) is 18.1. The molecule has 2 unspecified atom stereocenters. The Morgan fingerprint density at radius 1 is 0.619 bits per heavy atom. The Bertz CT molecular complexity index is 2120. The standard InChI is InChI=1S/C48H58Cl4N6O5/c1-31(2)25-42(53)47(62)55-46(32(3)4)48(63)58(23-20-36-16-18-38(50)27-41(36)52)30-45(61)57(24-21-39(33-11-7-5-8-12-33)34-13-9-6-10-14-34)29-44(60)56(28-43(54)59)22-19-35-15-17-37(49)26-40(35)51/h5-18,26-27,31-32,39,42,46H,19-25,28-30,53H2,1-4H3,(H2,54,59)(H,55,62). The van der Waals surface area contributed by atoms with Crippen molar-refractivity contribution in [1.82, 2.24) is 20.0 Å². The number of nitrogens with two attached hydrogens (primary N) is 2. The summed E-state index contributed by atoms with van der Waals surface area (Å²) in [6.07, 6.45) is 1.36. The van der Waals surface area contributed by atoms with Gasteiger partial charge in [0.05, 0.1) is 25.7 Å². The number of carbonyl (C=O) groups is 5. The summed E-state index contributed by atoms with van der Waals surface area (Å²) in [6, 6.07) is 27.9. The van der Waals surface area contributed by atoms with Gasteiger partial charge in [-0.1, -0.05) is 147 Å². The van der Waals surface area contributed by atoms with Crippen LogP contribution in [0.3, 0.4) is 0 Å². The molecule has 4 aromatic rings. The maximum atomic E-state index is 14.8. The minimum atomic E-state index is -1.02. The van der Waals surface area contributed by atoms with Crippen LogP contribution >= 0.6 is 46.4 Å². The van der Waals surface area contributed by atoms with Crippen LogP contribution in [0.1, 0.15) is 68.7 Å². The van der Waals surface area contributed by atoms with Gasteiger partial charge in [0.2, 0.25) is 29.5 Å². The van der Waals surface area contributed by atoms with Crippen LogP contribution in [0, 0.1) is 11.8 Å². The third-order valence-electron chi connectivity index (χ3n) is 10.7. The summed E-state index contributed by atoms with van der Waals surface area (Å²) in [5.74, 6) is -3.15. The van der Waals surface area contributed by atoms with E-state index >= 15 is 0 Å². The van der Waals surface area contributed by atoms with Crippen molar-refractivity contribution in [2.75, 3.05) is 39.3 Å². The van der Waals surface area contributed by atoms with E-state index in [1.807, 2.05) is 74.5 Å². The molecule has 5 N–H and O–H groups in total. The number of benzene rings is 4. The second kappa shape index (κ2) is 25.0. The Labute approximate surface area is 391 Å². The van der Waals surface area contributed by atoms with E-state index in [9.17, 15) is 24.0 Å². The van der Waals surface area contributed by atoms with Crippen LogP contribution in [0.4, 0.5) is 0 Å². The van der Waals surface area contributed by atoms with E-state index in [2.05, 4.69) is 5.32 Å². The first-order valence-electron chi connectivity index (χ1n) is 21.1. The summed E-state index contributed by atoms with van der Waals surface area (Å²) in [5, 5.41) is 4.54. The van der Waals surface area contributed by atoms with Gasteiger partial charge >= 0.3 is 0 Å². The van der Waals surface area contributed by atoms with Crippen molar-refractivity contribution in [3.8, 4) is 0 Å². The molecule has 0 heterocycles. The molecule has 2 atom stereocenters. The molecule has 5 amide bonds. The fraction of sp³-hybridized carbons (Fsp3) is 0.396. The lowest BCUT2D eigenvalue weighted by molar-refractivity contribution is -0.146. The first kappa shape index (κ1) is 51.0. The third kappa shape index (κ3) is 16.1. The number of nitrogens with one attached hydrogen (secondary N) is 1. The summed E-state index contributed by atoms with van der Waals surface area (Å²) in [5.41, 5.74) is 15.3. The first-order valence-corrected chi connectivity index (χ1v) is 22.6. The Kier molecular flexibility index (Phi) is 20.2. The number of nitrogens with zero attached hydrogens (tertiary/aromatic N) is 3. The van der Waals surface area contributed by atoms with Crippen LogP contribution in [0.25, 0.3) is 0 Å². The van der Waals surface area contributed by atoms with Crippen LogP contribution in [-0.4, -0.2) is 95.6 Å². The Balaban J connectivity index is 1.71. The minimum absolute atomic E-state index is 0.0388. The highest BCUT2D eigenvalue weighted by Crippen LogP contribution is 2.29. The van der Waals surface area contributed by atoms with Crippen LogP contribution < -0.4 is 16.8 Å². The van der Waals surface area contributed by atoms with Crippen molar-refractivity contribution in [3.05, 3.63) is 139 Å². The van der Waals surface area contributed by atoms with E-state index in [1.165, 1.54) is 14.7 Å². The number of hydrogen-bond donors (Lipinski definition) is 3. The van der Waals surface area contributed by atoms with Gasteiger partial charge in [-0.3, -0.25) is 24.0 Å². The Morgan fingerprint density at radius 3 is 1.52 bits per heavy atom. The fourth-order valence-electron chi connectivity index (χ4n) is 7.29. The molecule has 0 bridgehead atoms. The zero-order valence-electron chi connectivity index (χ0n) is 36.2. The molecule has 0 aliphatic carbocycles. The summed E-state index contributed by atoms with van der Waals surface area (Å²) in [6.45, 7) is 6.46. The van der Waals surface area contributed by atoms with Gasteiger partial charge in [0.15, 0.2) is 0 Å². The van der Waals surface area contributed by atoms with Gasteiger partial charge in [0.25, 0.3) is 0 Å². The largest absolute Gasteiger partial charge is 0.368 e. The molecule has 0 aliphatic heterocycles. The fourth-order valence-corrected chi connectivity index (χ4v) is 8.30. The number of carbonyl (C=O) groups excluding carboxylic acids is 5. The third-order valence-corrected chi connectivity index (χ3v) is 11.9. The predicted molar refractivity (Wildman–Crippen MR) is 253 cm³/mol. The molecular weight excluding hydrogens is 882 g/mol. The lowest BCUT2D eigenvalue weighted by Crippen LogP contribution is -2.57. The molecule has 4 rings (SSSR count). The van der Waals surface area contributed by atoms with Crippen molar-refractivity contribution in [3.63, 3.8) is 0 Å². The van der Waals surface area contributed by atoms with Gasteiger partial charge in [0.1, 0.15) is 6.04 Å². The number of primary amides is 1. The highest BCUT2D eigenvalue weighted by molar-refractivity contribution is 6.35. The van der Waals surface area contributed by atoms with Crippen molar-refractivity contribution >= 4 is 75.9 Å². The molecule has 0 spiro atoms. The van der Waals surface area contributed by atoms with Crippen molar-refractivity contribution in [1.29, 1.82) is 0 Å². The lowest BCUT2D eigenvalue weighted by Gasteiger charge is -2.33. The molecule has 15 heteroatoms. The van der Waals surface area contributed by atoms with Crippen LogP contribution in [0.2, 0.25) is 20.1 Å². The van der Waals surface area contributed by atoms with E-state index < -0.39 is 61.3 Å². The summed E-state index contributed by atoms with van der Waals surface area (Å²) >= 11 is 25.3. The quantitative estimate of drug-likeness (QED) is 0.0689. The highest BCUT2D eigenvalue weighted by Gasteiger charge is 2.33. The highest BCUT2D eigenvalue weighted by atomic mass is 35.5. The Morgan fingerprint density at radius 2 is 1.08 bits per heavy atom. The average molecular weight is 941 g/mol. The molecular formula is C48H58Cl4N6O5. The van der Waals surface area contributed by atoms with Crippen molar-refractivity contribution in [2.24, 2.45) is 23.3 Å². The van der Waals surface area contributed by atoms with Gasteiger partial charge in [-0.2, -0.15) is 0 Å².